The Balaban J connectivity index is 1.50. The number of piperidine rings is 1. The minimum Gasteiger partial charge on any atom is -0.466 e. The van der Waals surface area contributed by atoms with Crippen molar-refractivity contribution in [2.45, 2.75) is 51.2 Å². The molecule has 1 unspecified atom stereocenters. The van der Waals surface area contributed by atoms with Gasteiger partial charge in [0.05, 0.1) is 17.4 Å². The Hall–Kier alpha value is -1.27. The third-order valence-corrected chi connectivity index (χ3v) is 7.80. The summed E-state index contributed by atoms with van der Waals surface area (Å²) in [6, 6.07) is 0. The van der Waals surface area contributed by atoms with Crippen LogP contribution in [-0.4, -0.2) is 36.5 Å². The maximum Gasteiger partial charge on any atom is 0.310 e. The molecule has 1 amide bonds. The fourth-order valence-electron chi connectivity index (χ4n) is 4.13. The number of fused-ring (bicyclic) bond motifs is 3. The van der Waals surface area contributed by atoms with Gasteiger partial charge in [-0.05, 0) is 62.7 Å². The van der Waals surface area contributed by atoms with Gasteiger partial charge in [0, 0.05) is 28.6 Å². The van der Waals surface area contributed by atoms with Crippen LogP contribution in [0.3, 0.4) is 0 Å². The molecule has 1 atom stereocenters. The van der Waals surface area contributed by atoms with E-state index in [0.717, 1.165) is 30.0 Å². The van der Waals surface area contributed by atoms with E-state index in [2.05, 4.69) is 6.08 Å². The van der Waals surface area contributed by atoms with Gasteiger partial charge in [-0.3, -0.25) is 9.59 Å². The van der Waals surface area contributed by atoms with E-state index in [9.17, 15) is 9.59 Å². The number of carbonyl (C=O) groups is 2. The van der Waals surface area contributed by atoms with E-state index in [-0.39, 0.29) is 17.8 Å². The highest BCUT2D eigenvalue weighted by Gasteiger charge is 2.32. The summed E-state index contributed by atoms with van der Waals surface area (Å²) in [6.45, 7) is 3.45. The molecule has 6 heteroatoms. The molecule has 0 N–H and O–H groups in total. The summed E-state index contributed by atoms with van der Waals surface area (Å²) in [5.74, 6) is 0.657. The van der Waals surface area contributed by atoms with Gasteiger partial charge in [-0.25, -0.2) is 0 Å². The Bertz CT molecular complexity index is 752. The van der Waals surface area contributed by atoms with Crippen molar-refractivity contribution in [1.29, 1.82) is 0 Å². The van der Waals surface area contributed by atoms with Crippen LogP contribution in [0.5, 0.6) is 0 Å². The average Bonchev–Trinajstić information content (AvgIpc) is 3.05. The van der Waals surface area contributed by atoms with E-state index in [4.69, 9.17) is 4.74 Å². The van der Waals surface area contributed by atoms with Gasteiger partial charge >= 0.3 is 5.97 Å². The van der Waals surface area contributed by atoms with Crippen molar-refractivity contribution in [2.75, 3.05) is 19.7 Å². The zero-order chi connectivity index (χ0) is 18.1. The highest BCUT2D eigenvalue weighted by Crippen LogP contribution is 2.43. The number of thioether (sulfide) groups is 1. The van der Waals surface area contributed by atoms with Crippen LogP contribution >= 0.6 is 23.1 Å². The summed E-state index contributed by atoms with van der Waals surface area (Å²) in [5, 5.41) is 0. The number of likely N-dealkylation sites (tertiary alicyclic amines) is 1. The molecule has 0 saturated carbocycles. The van der Waals surface area contributed by atoms with Gasteiger partial charge in [0.15, 0.2) is 0 Å². The van der Waals surface area contributed by atoms with E-state index in [1.165, 1.54) is 41.0 Å². The third kappa shape index (κ3) is 3.46. The van der Waals surface area contributed by atoms with Crippen molar-refractivity contribution < 1.29 is 14.3 Å². The first-order valence-electron chi connectivity index (χ1n) is 9.61. The van der Waals surface area contributed by atoms with Crippen molar-refractivity contribution in [2.24, 2.45) is 5.92 Å². The number of amides is 1. The van der Waals surface area contributed by atoms with E-state index in [0.29, 0.717) is 13.2 Å². The van der Waals surface area contributed by atoms with Crippen LogP contribution in [-0.2, 0) is 32.9 Å². The Morgan fingerprint density at radius 2 is 2.08 bits per heavy atom. The molecular formula is C20H25NO3S2. The maximum atomic E-state index is 13.0. The zero-order valence-corrected chi connectivity index (χ0v) is 16.8. The number of ether oxygens (including phenoxy) is 1. The summed E-state index contributed by atoms with van der Waals surface area (Å²) < 4.78 is 5.15. The lowest BCUT2D eigenvalue weighted by Gasteiger charge is -2.32. The summed E-state index contributed by atoms with van der Waals surface area (Å²) >= 11 is 3.55. The maximum absolute atomic E-state index is 13.0. The van der Waals surface area contributed by atoms with E-state index in [1.807, 2.05) is 23.2 Å². The molecular weight excluding hydrogens is 366 g/mol. The van der Waals surface area contributed by atoms with Crippen LogP contribution in [0.4, 0.5) is 0 Å². The molecule has 3 heterocycles. The molecule has 1 fully saturated rings. The molecule has 1 aromatic rings. The fourth-order valence-corrected chi connectivity index (χ4v) is 6.74. The molecule has 0 aromatic carbocycles. The van der Waals surface area contributed by atoms with Crippen LogP contribution in [0.2, 0.25) is 0 Å². The Kier molecular flexibility index (Phi) is 5.41. The van der Waals surface area contributed by atoms with Gasteiger partial charge in [-0.2, -0.15) is 0 Å². The first kappa shape index (κ1) is 18.1. The highest BCUT2D eigenvalue weighted by molar-refractivity contribution is 8.03. The molecule has 4 nitrogen and oxygen atoms in total. The van der Waals surface area contributed by atoms with Gasteiger partial charge in [0.1, 0.15) is 0 Å². The quantitative estimate of drug-likeness (QED) is 0.730. The minimum atomic E-state index is -0.175. The van der Waals surface area contributed by atoms with Crippen molar-refractivity contribution in [1.82, 2.24) is 4.90 Å². The standard InChI is InChI=1S/C20H25NO3S2/c1-2-24-20(23)13-6-5-9-21(11-13)19(22)18-10-17-15(12-25-18)14-7-3-4-8-16(14)26-17/h10,13H,2-9,11-12H2,1H3. The second kappa shape index (κ2) is 7.77. The van der Waals surface area contributed by atoms with E-state index < -0.39 is 0 Å². The Labute approximate surface area is 163 Å². The highest BCUT2D eigenvalue weighted by atomic mass is 32.2. The second-order valence-corrected chi connectivity index (χ2v) is 9.35. The molecule has 2 aliphatic heterocycles. The second-order valence-electron chi connectivity index (χ2n) is 7.19. The van der Waals surface area contributed by atoms with Crippen molar-refractivity contribution >= 4 is 41.1 Å². The zero-order valence-electron chi connectivity index (χ0n) is 15.2. The van der Waals surface area contributed by atoms with Crippen molar-refractivity contribution in [3.8, 4) is 0 Å². The molecule has 0 radical (unpaired) electrons. The van der Waals surface area contributed by atoms with E-state index in [1.54, 1.807) is 17.3 Å². The first-order chi connectivity index (χ1) is 12.7. The number of carbonyl (C=O) groups excluding carboxylic acids is 2. The normalized spacial score (nSPS) is 22.3. The number of nitrogens with zero attached hydrogens (tertiary/aromatic N) is 1. The Morgan fingerprint density at radius 3 is 2.92 bits per heavy atom. The van der Waals surface area contributed by atoms with Crippen molar-refractivity contribution in [3.05, 3.63) is 25.8 Å². The summed E-state index contributed by atoms with van der Waals surface area (Å²) in [6.07, 6.45) is 8.76. The summed E-state index contributed by atoms with van der Waals surface area (Å²) in [4.78, 5) is 30.6. The van der Waals surface area contributed by atoms with Crippen LogP contribution in [0.1, 0.15) is 53.5 Å². The Morgan fingerprint density at radius 1 is 1.23 bits per heavy atom. The van der Waals surface area contributed by atoms with Crippen molar-refractivity contribution in [3.63, 3.8) is 0 Å². The molecule has 1 aromatic heterocycles. The lowest BCUT2D eigenvalue weighted by molar-refractivity contribution is -0.150. The lowest BCUT2D eigenvalue weighted by atomic mass is 9.95. The molecule has 26 heavy (non-hydrogen) atoms. The number of hydrogen-bond acceptors (Lipinski definition) is 5. The number of thiophene rings is 1. The number of hydrogen-bond donors (Lipinski definition) is 0. The predicted molar refractivity (Wildman–Crippen MR) is 106 cm³/mol. The number of esters is 1. The molecule has 4 rings (SSSR count). The third-order valence-electron chi connectivity index (χ3n) is 5.49. The number of aryl methyl sites for hydroxylation is 1. The smallest absolute Gasteiger partial charge is 0.310 e. The molecule has 1 saturated heterocycles. The van der Waals surface area contributed by atoms with Gasteiger partial charge in [0.25, 0.3) is 5.91 Å². The fraction of sp³-hybridized carbons (Fsp3) is 0.600. The molecule has 1 aliphatic carbocycles. The van der Waals surface area contributed by atoms with Crippen LogP contribution in [0.15, 0.2) is 4.91 Å². The largest absolute Gasteiger partial charge is 0.466 e. The summed E-state index contributed by atoms with van der Waals surface area (Å²) in [7, 11) is 0. The molecule has 140 valence electrons. The van der Waals surface area contributed by atoms with E-state index >= 15 is 0 Å². The lowest BCUT2D eigenvalue weighted by Crippen LogP contribution is -2.43. The van der Waals surface area contributed by atoms with Crippen LogP contribution in [0.25, 0.3) is 6.08 Å². The first-order valence-corrected chi connectivity index (χ1v) is 11.4. The number of rotatable bonds is 3. The predicted octanol–water partition coefficient (Wildman–Crippen LogP) is 4.02. The van der Waals surface area contributed by atoms with Gasteiger partial charge < -0.3 is 9.64 Å². The van der Waals surface area contributed by atoms with Gasteiger partial charge in [-0.15, -0.1) is 23.1 Å². The van der Waals surface area contributed by atoms with Crippen LogP contribution < -0.4 is 0 Å². The minimum absolute atomic E-state index is 0.0843. The molecule has 3 aliphatic rings. The molecule has 0 spiro atoms. The summed E-state index contributed by atoms with van der Waals surface area (Å²) in [5.41, 5.74) is 3.03. The topological polar surface area (TPSA) is 46.6 Å². The average molecular weight is 392 g/mol. The van der Waals surface area contributed by atoms with Crippen LogP contribution in [0, 0.1) is 5.92 Å². The van der Waals surface area contributed by atoms with Gasteiger partial charge in [-0.1, -0.05) is 0 Å². The van der Waals surface area contributed by atoms with Gasteiger partial charge in [0.2, 0.25) is 0 Å². The SMILES string of the molecule is CCOC(=O)C1CCCN(C(=O)C2=Cc3sc4c(c3CS2)CCCC4)C1. The molecule has 0 bridgehead atoms. The monoisotopic (exact) mass is 391 g/mol.